The number of hydrogen-bond acceptors (Lipinski definition) is 6. The van der Waals surface area contributed by atoms with Gasteiger partial charge in [0.15, 0.2) is 0 Å². The topological polar surface area (TPSA) is 108 Å². The number of fused-ring (bicyclic) bond motifs is 1. The van der Waals surface area contributed by atoms with Crippen LogP contribution in [0.5, 0.6) is 5.75 Å². The number of likely N-dealkylation sites (tertiary alicyclic amines) is 1. The van der Waals surface area contributed by atoms with E-state index in [4.69, 9.17) is 16.3 Å². The van der Waals surface area contributed by atoms with Gasteiger partial charge in [-0.3, -0.25) is 14.4 Å². The zero-order valence-corrected chi connectivity index (χ0v) is 23.9. The van der Waals surface area contributed by atoms with Crippen LogP contribution in [0.2, 0.25) is 5.02 Å². The second kappa shape index (κ2) is 10.7. The smallest absolute Gasteiger partial charge is 0.248 e. The summed E-state index contributed by atoms with van der Waals surface area (Å²) < 4.78 is 4.26. The molecule has 3 saturated heterocycles. The van der Waals surface area contributed by atoms with Crippen molar-refractivity contribution in [2.45, 2.75) is 55.6 Å². The molecule has 3 aliphatic rings. The Balaban J connectivity index is 1.46. The summed E-state index contributed by atoms with van der Waals surface area (Å²) >= 11 is 8.02. The highest BCUT2D eigenvalue weighted by Crippen LogP contribution is 2.71. The lowest BCUT2D eigenvalue weighted by molar-refractivity contribution is -0.139. The van der Waals surface area contributed by atoms with Crippen molar-refractivity contribution in [2.24, 2.45) is 11.8 Å². The average molecular weight is 572 g/mol. The van der Waals surface area contributed by atoms with Crippen LogP contribution >= 0.6 is 23.4 Å². The van der Waals surface area contributed by atoms with E-state index >= 15 is 0 Å². The van der Waals surface area contributed by atoms with E-state index in [0.29, 0.717) is 48.0 Å². The summed E-state index contributed by atoms with van der Waals surface area (Å²) in [6.07, 6.45) is 1.70. The van der Waals surface area contributed by atoms with E-state index in [1.807, 2.05) is 32.9 Å². The number of halogens is 1. The first-order valence-electron chi connectivity index (χ1n) is 13.4. The highest BCUT2D eigenvalue weighted by Gasteiger charge is 2.77. The van der Waals surface area contributed by atoms with E-state index in [1.54, 1.807) is 47.0 Å². The number of hydrogen-bond donors (Lipinski definition) is 3. The fourth-order valence-electron chi connectivity index (χ4n) is 6.61. The molecule has 3 fully saturated rings. The highest BCUT2D eigenvalue weighted by atomic mass is 35.5. The second-order valence-electron chi connectivity index (χ2n) is 10.7. The minimum absolute atomic E-state index is 0.105. The van der Waals surface area contributed by atoms with Gasteiger partial charge in [0.2, 0.25) is 17.7 Å². The van der Waals surface area contributed by atoms with Crippen LogP contribution in [-0.2, 0) is 14.4 Å². The first kappa shape index (κ1) is 27.8. The van der Waals surface area contributed by atoms with Gasteiger partial charge < -0.3 is 25.4 Å². The Hall–Kier alpha value is -2.75. The van der Waals surface area contributed by atoms with Crippen LogP contribution in [0.4, 0.5) is 11.4 Å². The van der Waals surface area contributed by atoms with Gasteiger partial charge in [-0.15, -0.1) is 11.8 Å². The lowest BCUT2D eigenvalue weighted by Crippen LogP contribution is -2.52. The van der Waals surface area contributed by atoms with Crippen LogP contribution in [0.25, 0.3) is 0 Å². The Morgan fingerprint density at radius 2 is 1.90 bits per heavy atom. The highest BCUT2D eigenvalue weighted by molar-refractivity contribution is 8.02. The average Bonchev–Trinajstić information content (AvgIpc) is 3.47. The van der Waals surface area contributed by atoms with E-state index in [9.17, 15) is 19.5 Å². The molecule has 0 radical (unpaired) electrons. The number of para-hydroxylation sites is 1. The summed E-state index contributed by atoms with van der Waals surface area (Å²) in [5, 5.41) is 16.0. The summed E-state index contributed by atoms with van der Waals surface area (Å²) in [5.74, 6) is -1.28. The van der Waals surface area contributed by atoms with Gasteiger partial charge in [-0.25, -0.2) is 0 Å². The molecule has 0 aromatic heterocycles. The van der Waals surface area contributed by atoms with Gasteiger partial charge in [0.1, 0.15) is 11.8 Å². The Morgan fingerprint density at radius 1 is 1.15 bits per heavy atom. The van der Waals surface area contributed by atoms with Crippen LogP contribution in [0, 0.1) is 18.8 Å². The predicted molar refractivity (Wildman–Crippen MR) is 153 cm³/mol. The number of thioether (sulfide) groups is 1. The van der Waals surface area contributed by atoms with Crippen molar-refractivity contribution in [2.75, 3.05) is 30.4 Å². The number of carbonyl (C=O) groups is 3. The number of benzene rings is 2. The SMILES string of the molecule is CCOc1ccc(NC(=O)[C@@H]2[C@H]3C(=O)N(CCCO)C(C(=O)Nc4c(C)cccc4Cl)C34CC[C@@]2(C)S4)cc1. The monoisotopic (exact) mass is 571 g/mol. The molecule has 8 nitrogen and oxygen atoms in total. The number of ether oxygens (including phenoxy) is 1. The normalized spacial score (nSPS) is 28.9. The standard InChI is InChI=1S/C29H34ClN3O5S/c1-4-38-19-11-9-18(10-12-19)31-25(35)21-22-27(37)33(15-6-16-34)24(29(22)14-13-28(21,3)39-29)26(36)32-23-17(2)7-5-8-20(23)30/h5,7-12,21-22,24,34H,4,6,13-16H2,1-3H3,(H,31,35)(H,32,36)/t21-,22-,24?,28+,29?/m0/s1. The number of nitrogens with zero attached hydrogens (tertiary/aromatic N) is 1. The van der Waals surface area contributed by atoms with E-state index in [0.717, 1.165) is 5.56 Å². The third-order valence-electron chi connectivity index (χ3n) is 8.27. The van der Waals surface area contributed by atoms with E-state index in [2.05, 4.69) is 10.6 Å². The molecule has 2 unspecified atom stereocenters. The van der Waals surface area contributed by atoms with Gasteiger partial charge in [-0.1, -0.05) is 23.7 Å². The van der Waals surface area contributed by atoms with Crippen molar-refractivity contribution in [3.05, 3.63) is 53.1 Å². The zero-order valence-electron chi connectivity index (χ0n) is 22.3. The molecule has 3 heterocycles. The van der Waals surface area contributed by atoms with Crippen LogP contribution in [-0.4, -0.2) is 63.0 Å². The van der Waals surface area contributed by atoms with Gasteiger partial charge in [0, 0.05) is 23.6 Å². The fraction of sp³-hybridized carbons (Fsp3) is 0.483. The lowest BCUT2D eigenvalue weighted by Gasteiger charge is -2.35. The third-order valence-corrected chi connectivity index (χ3v) is 10.6. The number of aliphatic hydroxyl groups is 1. The molecular weight excluding hydrogens is 538 g/mol. The van der Waals surface area contributed by atoms with Gasteiger partial charge >= 0.3 is 0 Å². The molecule has 39 heavy (non-hydrogen) atoms. The largest absolute Gasteiger partial charge is 0.494 e. The third kappa shape index (κ3) is 4.68. The Morgan fingerprint density at radius 3 is 2.56 bits per heavy atom. The second-order valence-corrected chi connectivity index (χ2v) is 13.0. The maximum Gasteiger partial charge on any atom is 0.248 e. The molecule has 5 rings (SSSR count). The minimum atomic E-state index is -0.785. The van der Waals surface area contributed by atoms with Crippen molar-refractivity contribution < 1.29 is 24.2 Å². The molecular formula is C29H34ClN3O5S. The van der Waals surface area contributed by atoms with Crippen molar-refractivity contribution >= 4 is 52.5 Å². The quantitative estimate of drug-likeness (QED) is 0.409. The zero-order chi connectivity index (χ0) is 27.9. The van der Waals surface area contributed by atoms with Crippen LogP contribution in [0.3, 0.4) is 0 Å². The number of aryl methyl sites for hydroxylation is 1. The number of carbonyl (C=O) groups excluding carboxylic acids is 3. The Bertz CT molecular complexity index is 1270. The Labute approximate surface area is 237 Å². The predicted octanol–water partition coefficient (Wildman–Crippen LogP) is 4.49. The van der Waals surface area contributed by atoms with E-state index < -0.39 is 27.4 Å². The molecule has 3 aliphatic heterocycles. The van der Waals surface area contributed by atoms with Crippen molar-refractivity contribution in [3.8, 4) is 5.75 Å². The molecule has 5 atom stereocenters. The first-order valence-corrected chi connectivity index (χ1v) is 14.6. The van der Waals surface area contributed by atoms with Crippen molar-refractivity contribution in [3.63, 3.8) is 0 Å². The molecule has 3 amide bonds. The number of nitrogens with one attached hydrogen (secondary N) is 2. The fourth-order valence-corrected chi connectivity index (χ4v) is 9.24. The molecule has 1 spiro atoms. The summed E-state index contributed by atoms with van der Waals surface area (Å²) in [6.45, 7) is 6.48. The molecule has 2 aromatic rings. The first-order chi connectivity index (χ1) is 18.6. The van der Waals surface area contributed by atoms with Crippen LogP contribution in [0.15, 0.2) is 42.5 Å². The number of anilines is 2. The van der Waals surface area contributed by atoms with Gasteiger partial charge in [0.25, 0.3) is 0 Å². The number of rotatable bonds is 9. The van der Waals surface area contributed by atoms with Crippen LogP contribution < -0.4 is 15.4 Å². The molecule has 2 bridgehead atoms. The molecule has 208 valence electrons. The number of aliphatic hydroxyl groups excluding tert-OH is 1. The molecule has 3 N–H and O–H groups in total. The van der Waals surface area contributed by atoms with Crippen molar-refractivity contribution in [1.29, 1.82) is 0 Å². The van der Waals surface area contributed by atoms with Gasteiger partial charge in [-0.2, -0.15) is 0 Å². The molecule has 0 saturated carbocycles. The maximum absolute atomic E-state index is 14.0. The van der Waals surface area contributed by atoms with Crippen molar-refractivity contribution in [1.82, 2.24) is 4.90 Å². The minimum Gasteiger partial charge on any atom is -0.494 e. The number of amides is 3. The molecule has 0 aliphatic carbocycles. The summed E-state index contributed by atoms with van der Waals surface area (Å²) in [6, 6.07) is 11.8. The Kier molecular flexibility index (Phi) is 7.61. The lowest BCUT2D eigenvalue weighted by atomic mass is 9.66. The van der Waals surface area contributed by atoms with Crippen LogP contribution in [0.1, 0.15) is 38.7 Å². The van der Waals surface area contributed by atoms with E-state index in [1.165, 1.54) is 0 Å². The summed E-state index contributed by atoms with van der Waals surface area (Å²) in [5.41, 5.74) is 1.96. The summed E-state index contributed by atoms with van der Waals surface area (Å²) in [4.78, 5) is 43.4. The molecule has 2 aromatic carbocycles. The van der Waals surface area contributed by atoms with Gasteiger partial charge in [-0.05, 0) is 75.9 Å². The van der Waals surface area contributed by atoms with E-state index in [-0.39, 0.29) is 30.9 Å². The summed E-state index contributed by atoms with van der Waals surface area (Å²) in [7, 11) is 0. The van der Waals surface area contributed by atoms with Gasteiger partial charge in [0.05, 0.1) is 33.9 Å². The molecule has 10 heteroatoms. The maximum atomic E-state index is 14.0.